The summed E-state index contributed by atoms with van der Waals surface area (Å²) < 4.78 is 72.5. The Morgan fingerprint density at radius 2 is 1.44 bits per heavy atom. The van der Waals surface area contributed by atoms with E-state index in [4.69, 9.17) is 0 Å². The fourth-order valence-corrected chi connectivity index (χ4v) is 0.803. The molecular formula is C9H5F6N. The molecule has 0 aromatic heterocycles. The Kier molecular flexibility index (Phi) is 3.25. The molecule has 0 aliphatic carbocycles. The molecule has 7 heteroatoms. The third kappa shape index (κ3) is 2.53. The molecule has 0 N–H and O–H groups in total. The van der Waals surface area contributed by atoms with Gasteiger partial charge in [0.05, 0.1) is 5.69 Å². The van der Waals surface area contributed by atoms with Crippen LogP contribution in [0.25, 0.3) is 0 Å². The third-order valence-corrected chi connectivity index (χ3v) is 1.60. The van der Waals surface area contributed by atoms with Crippen molar-refractivity contribution in [1.29, 1.82) is 0 Å². The second-order valence-corrected chi connectivity index (χ2v) is 2.81. The first-order valence-electron chi connectivity index (χ1n) is 3.99. The minimum absolute atomic E-state index is 0.316. The number of nitrogens with zero attached hydrogens (tertiary/aromatic N) is 1. The van der Waals surface area contributed by atoms with Crippen LogP contribution in [0.2, 0.25) is 0 Å². The van der Waals surface area contributed by atoms with Gasteiger partial charge in [-0.15, -0.1) is 0 Å². The molecule has 0 bridgehead atoms. The predicted octanol–water partition coefficient (Wildman–Crippen LogP) is 3.88. The summed E-state index contributed by atoms with van der Waals surface area (Å²) in [5, 5.41) is 0. The molecule has 0 saturated carbocycles. The van der Waals surface area contributed by atoms with Crippen LogP contribution in [0.3, 0.4) is 0 Å². The van der Waals surface area contributed by atoms with Crippen molar-refractivity contribution in [3.05, 3.63) is 30.3 Å². The molecule has 0 heterocycles. The maximum absolute atomic E-state index is 12.6. The predicted molar refractivity (Wildman–Crippen MR) is 45.6 cm³/mol. The van der Waals surface area contributed by atoms with Crippen LogP contribution in [0.4, 0.5) is 32.0 Å². The van der Waals surface area contributed by atoms with Crippen molar-refractivity contribution >= 4 is 11.7 Å². The molecule has 0 saturated heterocycles. The Labute approximate surface area is 86.4 Å². The van der Waals surface area contributed by atoms with Crippen LogP contribution < -0.4 is 0 Å². The van der Waals surface area contributed by atoms with Gasteiger partial charge in [0.25, 0.3) is 5.97 Å². The van der Waals surface area contributed by atoms with Crippen LogP contribution in [-0.2, 0) is 0 Å². The molecule has 16 heavy (non-hydrogen) atoms. The van der Waals surface area contributed by atoms with Crippen molar-refractivity contribution in [1.82, 2.24) is 0 Å². The maximum atomic E-state index is 12.6. The average molecular weight is 241 g/mol. The average Bonchev–Trinajstić information content (AvgIpc) is 2.17. The van der Waals surface area contributed by atoms with E-state index in [1.165, 1.54) is 18.2 Å². The Balaban J connectivity index is 3.03. The van der Waals surface area contributed by atoms with Crippen LogP contribution >= 0.6 is 0 Å². The first kappa shape index (κ1) is 12.5. The third-order valence-electron chi connectivity index (χ3n) is 1.60. The van der Waals surface area contributed by atoms with Crippen LogP contribution in [0.15, 0.2) is 35.3 Å². The van der Waals surface area contributed by atoms with E-state index >= 15 is 0 Å². The van der Waals surface area contributed by atoms with E-state index in [9.17, 15) is 26.3 Å². The zero-order chi connectivity index (χ0) is 12.4. The minimum atomic E-state index is -5.99. The van der Waals surface area contributed by atoms with E-state index in [1.54, 1.807) is 0 Å². The van der Waals surface area contributed by atoms with Crippen molar-refractivity contribution in [2.75, 3.05) is 0 Å². The van der Waals surface area contributed by atoms with Gasteiger partial charge < -0.3 is 0 Å². The number of alkyl halides is 5. The highest BCUT2D eigenvalue weighted by Crippen LogP contribution is 2.37. The Hall–Kier alpha value is -1.53. The molecule has 0 radical (unpaired) electrons. The van der Waals surface area contributed by atoms with Crippen molar-refractivity contribution < 1.29 is 26.3 Å². The van der Waals surface area contributed by atoms with Gasteiger partial charge in [0, 0.05) is 0 Å². The molecule has 0 atom stereocenters. The number of hydrogen-bond acceptors (Lipinski definition) is 1. The van der Waals surface area contributed by atoms with Gasteiger partial charge in [-0.2, -0.15) is 26.3 Å². The Bertz CT molecular complexity index is 381. The second kappa shape index (κ2) is 4.15. The molecule has 0 spiro atoms. The smallest absolute Gasteiger partial charge is 0.218 e. The molecule has 88 valence electrons. The molecule has 0 aliphatic heterocycles. The SMILES string of the molecule is FC(=Nc1ccccc1)C(F)(F)C(F)(F)F. The molecule has 0 fully saturated rings. The van der Waals surface area contributed by atoms with E-state index in [0.29, 0.717) is 0 Å². The topological polar surface area (TPSA) is 12.4 Å². The number of benzene rings is 1. The first-order chi connectivity index (χ1) is 7.25. The van der Waals surface area contributed by atoms with E-state index in [1.807, 2.05) is 0 Å². The Morgan fingerprint density at radius 3 is 1.88 bits per heavy atom. The highest BCUT2D eigenvalue weighted by Gasteiger charge is 2.62. The van der Waals surface area contributed by atoms with Gasteiger partial charge in [-0.3, -0.25) is 0 Å². The molecule has 1 rings (SSSR count). The normalized spacial score (nSPS) is 14.0. The van der Waals surface area contributed by atoms with Gasteiger partial charge in [-0.05, 0) is 12.1 Å². The highest BCUT2D eigenvalue weighted by molar-refractivity contribution is 5.85. The second-order valence-electron chi connectivity index (χ2n) is 2.81. The summed E-state index contributed by atoms with van der Waals surface area (Å²) in [6.45, 7) is 0. The van der Waals surface area contributed by atoms with Crippen molar-refractivity contribution in [2.45, 2.75) is 12.1 Å². The van der Waals surface area contributed by atoms with Crippen LogP contribution in [0.1, 0.15) is 0 Å². The zero-order valence-corrected chi connectivity index (χ0v) is 7.60. The molecule has 0 unspecified atom stereocenters. The zero-order valence-electron chi connectivity index (χ0n) is 7.60. The maximum Gasteiger partial charge on any atom is 0.462 e. The molecule has 1 aromatic rings. The standard InChI is InChI=1S/C9H5F6N/c10-7(8(11,12)9(13,14)15)16-6-4-2-1-3-5-6/h1-5H. The van der Waals surface area contributed by atoms with E-state index < -0.39 is 18.1 Å². The highest BCUT2D eigenvalue weighted by atomic mass is 19.4. The molecule has 0 aliphatic rings. The number of hydrogen-bond donors (Lipinski definition) is 0. The Morgan fingerprint density at radius 1 is 0.938 bits per heavy atom. The van der Waals surface area contributed by atoms with Gasteiger partial charge in [0.2, 0.25) is 0 Å². The largest absolute Gasteiger partial charge is 0.462 e. The van der Waals surface area contributed by atoms with E-state index in [0.717, 1.165) is 12.1 Å². The number of rotatable bonds is 2. The van der Waals surface area contributed by atoms with Crippen molar-refractivity contribution in [2.24, 2.45) is 4.99 Å². The van der Waals surface area contributed by atoms with Crippen molar-refractivity contribution in [3.8, 4) is 0 Å². The van der Waals surface area contributed by atoms with Crippen LogP contribution in [-0.4, -0.2) is 18.1 Å². The van der Waals surface area contributed by atoms with Gasteiger partial charge in [0.15, 0.2) is 0 Å². The quantitative estimate of drug-likeness (QED) is 0.550. The molecule has 0 amide bonds. The summed E-state index contributed by atoms with van der Waals surface area (Å²) in [5.74, 6) is -8.34. The molecular weight excluding hydrogens is 236 g/mol. The van der Waals surface area contributed by atoms with Gasteiger partial charge in [-0.25, -0.2) is 4.99 Å². The van der Waals surface area contributed by atoms with E-state index in [-0.39, 0.29) is 5.69 Å². The summed E-state index contributed by atoms with van der Waals surface area (Å²) in [7, 11) is 0. The van der Waals surface area contributed by atoms with Gasteiger partial charge >= 0.3 is 12.1 Å². The summed E-state index contributed by atoms with van der Waals surface area (Å²) in [6, 6.07) is 6.35. The lowest BCUT2D eigenvalue weighted by Gasteiger charge is -2.16. The van der Waals surface area contributed by atoms with Gasteiger partial charge in [-0.1, -0.05) is 18.2 Å². The van der Waals surface area contributed by atoms with Crippen molar-refractivity contribution in [3.63, 3.8) is 0 Å². The fraction of sp³-hybridized carbons (Fsp3) is 0.222. The number of para-hydroxylation sites is 1. The van der Waals surface area contributed by atoms with Gasteiger partial charge in [0.1, 0.15) is 0 Å². The summed E-state index contributed by atoms with van der Waals surface area (Å²) >= 11 is 0. The minimum Gasteiger partial charge on any atom is -0.218 e. The lowest BCUT2D eigenvalue weighted by molar-refractivity contribution is -0.252. The fourth-order valence-electron chi connectivity index (χ4n) is 0.803. The first-order valence-corrected chi connectivity index (χ1v) is 3.99. The van der Waals surface area contributed by atoms with Crippen LogP contribution in [0, 0.1) is 0 Å². The summed E-state index contributed by atoms with van der Waals surface area (Å²) in [5.41, 5.74) is -0.316. The summed E-state index contributed by atoms with van der Waals surface area (Å²) in [6.07, 6.45) is -5.99. The lowest BCUT2D eigenvalue weighted by atomic mass is 10.3. The van der Waals surface area contributed by atoms with Crippen LogP contribution in [0.5, 0.6) is 0 Å². The number of halogens is 6. The monoisotopic (exact) mass is 241 g/mol. The molecule has 1 aromatic carbocycles. The lowest BCUT2D eigenvalue weighted by Crippen LogP contribution is -2.42. The molecule has 1 nitrogen and oxygen atoms in total. The number of aliphatic imine (C=N–C) groups is 1. The van der Waals surface area contributed by atoms with E-state index in [2.05, 4.69) is 4.99 Å². The summed E-state index contributed by atoms with van der Waals surface area (Å²) in [4.78, 5) is 2.58.